The molecule has 6 nitrogen and oxygen atoms in total. The van der Waals surface area contributed by atoms with Crippen molar-refractivity contribution in [2.45, 2.75) is 23.7 Å². The summed E-state index contributed by atoms with van der Waals surface area (Å²) in [5.41, 5.74) is -0.167. The van der Waals surface area contributed by atoms with E-state index in [0.717, 1.165) is 23.9 Å². The molecule has 9 heteroatoms. The van der Waals surface area contributed by atoms with Crippen molar-refractivity contribution in [1.29, 1.82) is 0 Å². The highest BCUT2D eigenvalue weighted by Gasteiger charge is 2.38. The van der Waals surface area contributed by atoms with Gasteiger partial charge in [-0.3, -0.25) is 4.98 Å². The van der Waals surface area contributed by atoms with Gasteiger partial charge in [-0.15, -0.1) is 11.8 Å². The minimum Gasteiger partial charge on any atom is -0.491 e. The van der Waals surface area contributed by atoms with Crippen molar-refractivity contribution >= 4 is 11.8 Å². The van der Waals surface area contributed by atoms with E-state index in [1.165, 1.54) is 25.6 Å². The van der Waals surface area contributed by atoms with Crippen LogP contribution in [0.25, 0.3) is 11.1 Å². The van der Waals surface area contributed by atoms with Gasteiger partial charge in [0.1, 0.15) is 18.0 Å². The normalized spacial score (nSPS) is 25.8. The number of methoxy groups -OCH3 is 1. The first-order valence-corrected chi connectivity index (χ1v) is 8.76. The first kappa shape index (κ1) is 18.8. The minimum absolute atomic E-state index is 0.199. The zero-order valence-corrected chi connectivity index (χ0v) is 14.5. The molecule has 4 atom stereocenters. The molecule has 0 bridgehead atoms. The molecule has 3 N–H and O–H groups in total. The molecule has 1 saturated heterocycles. The van der Waals surface area contributed by atoms with Gasteiger partial charge in [0, 0.05) is 17.5 Å². The Morgan fingerprint density at radius 3 is 2.38 bits per heavy atom. The first-order valence-electron chi connectivity index (χ1n) is 7.71. The number of halogens is 2. The molecule has 26 heavy (non-hydrogen) atoms. The highest BCUT2D eigenvalue weighted by molar-refractivity contribution is 7.99. The summed E-state index contributed by atoms with van der Waals surface area (Å²) in [5.74, 6) is -1.71. The molecule has 2 heterocycles. The van der Waals surface area contributed by atoms with E-state index in [1.54, 1.807) is 0 Å². The van der Waals surface area contributed by atoms with Crippen molar-refractivity contribution in [1.82, 2.24) is 4.98 Å². The molecule has 3 rings (SSSR count). The molecule has 0 unspecified atom stereocenters. The van der Waals surface area contributed by atoms with Crippen molar-refractivity contribution in [3.05, 3.63) is 42.2 Å². The van der Waals surface area contributed by atoms with E-state index < -0.39 is 41.1 Å². The van der Waals surface area contributed by atoms with Gasteiger partial charge >= 0.3 is 0 Å². The number of aromatic nitrogens is 1. The van der Waals surface area contributed by atoms with Crippen LogP contribution < -0.4 is 9.47 Å². The van der Waals surface area contributed by atoms with Crippen LogP contribution in [-0.4, -0.2) is 56.9 Å². The van der Waals surface area contributed by atoms with Gasteiger partial charge in [-0.2, -0.15) is 0 Å². The second kappa shape index (κ2) is 7.75. The summed E-state index contributed by atoms with van der Waals surface area (Å²) >= 11 is 1.14. The van der Waals surface area contributed by atoms with E-state index in [4.69, 9.17) is 4.74 Å². The van der Waals surface area contributed by atoms with Crippen LogP contribution in [0.5, 0.6) is 11.5 Å². The lowest BCUT2D eigenvalue weighted by molar-refractivity contribution is -0.0786. The van der Waals surface area contributed by atoms with Crippen molar-refractivity contribution in [2.24, 2.45) is 0 Å². The lowest BCUT2D eigenvalue weighted by Gasteiger charge is -2.34. The third-order valence-electron chi connectivity index (χ3n) is 3.96. The van der Waals surface area contributed by atoms with Gasteiger partial charge < -0.3 is 24.8 Å². The number of nitrogens with zero attached hydrogens (tertiary/aromatic N) is 1. The van der Waals surface area contributed by atoms with E-state index in [-0.39, 0.29) is 17.1 Å². The molecule has 0 saturated carbocycles. The molecule has 1 fully saturated rings. The van der Waals surface area contributed by atoms with Crippen molar-refractivity contribution in [3.8, 4) is 22.6 Å². The minimum atomic E-state index is -1.32. The summed E-state index contributed by atoms with van der Waals surface area (Å²) in [7, 11) is 1.18. The SMILES string of the molecule is COc1c(F)cc(-c2cncc(O[C@@H]3SC[C@@H](O)[C@H](O)[C@H]3O)c2)cc1F. The van der Waals surface area contributed by atoms with E-state index >= 15 is 0 Å². The number of aliphatic hydroxyl groups is 3. The standard InChI is InChI=1S/C17H17F2NO5S/c1-24-16-11(18)3-8(4-12(16)19)9-2-10(6-20-5-9)25-17-15(23)14(22)13(21)7-26-17/h2-6,13-15,17,21-23H,7H2,1H3/t13-,14+,15-,17-/m1/s1. The summed E-state index contributed by atoms with van der Waals surface area (Å²) in [6, 6.07) is 3.75. The lowest BCUT2D eigenvalue weighted by Crippen LogP contribution is -2.50. The quantitative estimate of drug-likeness (QED) is 0.736. The van der Waals surface area contributed by atoms with Crippen molar-refractivity contribution < 1.29 is 33.6 Å². The Hall–Kier alpha value is -1.94. The Morgan fingerprint density at radius 1 is 1.04 bits per heavy atom. The Morgan fingerprint density at radius 2 is 1.73 bits per heavy atom. The maximum absolute atomic E-state index is 13.9. The van der Waals surface area contributed by atoms with Crippen molar-refractivity contribution in [2.75, 3.05) is 12.9 Å². The number of hydrogen-bond acceptors (Lipinski definition) is 7. The van der Waals surface area contributed by atoms with Crippen LogP contribution in [0.3, 0.4) is 0 Å². The Kier molecular flexibility index (Phi) is 5.61. The number of ether oxygens (including phenoxy) is 2. The average Bonchev–Trinajstić information content (AvgIpc) is 2.62. The number of aliphatic hydroxyl groups excluding tert-OH is 3. The highest BCUT2D eigenvalue weighted by atomic mass is 32.2. The molecular weight excluding hydrogens is 368 g/mol. The van der Waals surface area contributed by atoms with Crippen LogP contribution in [0.15, 0.2) is 30.6 Å². The van der Waals surface area contributed by atoms with E-state index in [9.17, 15) is 24.1 Å². The summed E-state index contributed by atoms with van der Waals surface area (Å²) in [6.45, 7) is 0. The molecule has 2 aromatic rings. The third kappa shape index (κ3) is 3.75. The molecule has 1 aliphatic rings. The second-order valence-electron chi connectivity index (χ2n) is 5.75. The molecular formula is C17H17F2NO5S. The number of benzene rings is 1. The molecule has 0 spiro atoms. The monoisotopic (exact) mass is 385 g/mol. The van der Waals surface area contributed by atoms with Gasteiger partial charge in [-0.25, -0.2) is 8.78 Å². The van der Waals surface area contributed by atoms with E-state index in [2.05, 4.69) is 9.72 Å². The maximum atomic E-state index is 13.9. The van der Waals surface area contributed by atoms with Crippen molar-refractivity contribution in [3.63, 3.8) is 0 Å². The predicted octanol–water partition coefficient (Wildman–Crippen LogP) is 1.57. The molecule has 140 valence electrons. The summed E-state index contributed by atoms with van der Waals surface area (Å²) in [6.07, 6.45) is -0.851. The van der Waals surface area contributed by atoms with E-state index in [0.29, 0.717) is 5.56 Å². The van der Waals surface area contributed by atoms with Crippen LogP contribution in [-0.2, 0) is 0 Å². The second-order valence-corrected chi connectivity index (χ2v) is 6.88. The predicted molar refractivity (Wildman–Crippen MR) is 91.0 cm³/mol. The zero-order chi connectivity index (χ0) is 18.8. The molecule has 1 aromatic heterocycles. The number of thioether (sulfide) groups is 1. The fourth-order valence-corrected chi connectivity index (χ4v) is 3.70. The Bertz CT molecular complexity index is 770. The molecule has 1 aromatic carbocycles. The Labute approximate surface area is 152 Å². The first-order chi connectivity index (χ1) is 12.4. The third-order valence-corrected chi connectivity index (χ3v) is 5.19. The van der Waals surface area contributed by atoms with Crippen LogP contribution in [0.1, 0.15) is 0 Å². The largest absolute Gasteiger partial charge is 0.491 e. The highest BCUT2D eigenvalue weighted by Crippen LogP contribution is 2.32. The zero-order valence-electron chi connectivity index (χ0n) is 13.7. The fourth-order valence-electron chi connectivity index (χ4n) is 2.58. The maximum Gasteiger partial charge on any atom is 0.190 e. The van der Waals surface area contributed by atoms with E-state index in [1.807, 2.05) is 0 Å². The van der Waals surface area contributed by atoms with Gasteiger partial charge in [0.2, 0.25) is 0 Å². The number of hydrogen-bond donors (Lipinski definition) is 3. The molecule has 0 amide bonds. The van der Waals surface area contributed by atoms with Crippen LogP contribution in [0.4, 0.5) is 8.78 Å². The van der Waals surface area contributed by atoms with Gasteiger partial charge in [-0.1, -0.05) is 0 Å². The fraction of sp³-hybridized carbons (Fsp3) is 0.353. The molecule has 0 aliphatic carbocycles. The number of pyridine rings is 1. The summed E-state index contributed by atoms with van der Waals surface area (Å²) in [5, 5.41) is 29.3. The van der Waals surface area contributed by atoms with Gasteiger partial charge in [0.05, 0.1) is 19.4 Å². The van der Waals surface area contributed by atoms with Gasteiger partial charge in [0.25, 0.3) is 0 Å². The number of rotatable bonds is 4. The lowest BCUT2D eigenvalue weighted by atomic mass is 10.1. The van der Waals surface area contributed by atoms with Crippen LogP contribution in [0, 0.1) is 11.6 Å². The Balaban J connectivity index is 1.83. The molecule has 0 radical (unpaired) electrons. The summed E-state index contributed by atoms with van der Waals surface area (Å²) < 4.78 is 38.1. The van der Waals surface area contributed by atoms with Crippen LogP contribution >= 0.6 is 11.8 Å². The van der Waals surface area contributed by atoms with Crippen LogP contribution in [0.2, 0.25) is 0 Å². The average molecular weight is 385 g/mol. The topological polar surface area (TPSA) is 92.0 Å². The summed E-state index contributed by atoms with van der Waals surface area (Å²) in [4.78, 5) is 3.98. The van der Waals surface area contributed by atoms with Gasteiger partial charge in [0.15, 0.2) is 22.8 Å². The molecule has 1 aliphatic heterocycles. The van der Waals surface area contributed by atoms with Gasteiger partial charge in [-0.05, 0) is 23.8 Å². The smallest absolute Gasteiger partial charge is 0.190 e.